The Balaban J connectivity index is 1.49. The molecule has 0 aliphatic carbocycles. The smallest absolute Gasteiger partial charge is 0.282 e. The molecule has 7 nitrogen and oxygen atoms in total. The molecule has 0 bridgehead atoms. The van der Waals surface area contributed by atoms with Crippen molar-refractivity contribution in [3.05, 3.63) is 53.2 Å². The predicted molar refractivity (Wildman–Crippen MR) is 91.2 cm³/mol. The minimum atomic E-state index is -3.47. The van der Waals surface area contributed by atoms with E-state index in [2.05, 4.69) is 4.98 Å². The summed E-state index contributed by atoms with van der Waals surface area (Å²) in [5, 5.41) is 0. The summed E-state index contributed by atoms with van der Waals surface area (Å²) < 4.78 is 39.7. The van der Waals surface area contributed by atoms with Crippen LogP contribution in [0.1, 0.15) is 22.9 Å². The first-order valence-corrected chi connectivity index (χ1v) is 9.87. The molecule has 0 spiro atoms. The summed E-state index contributed by atoms with van der Waals surface area (Å²) in [6, 6.07) is 9.98. The summed E-state index contributed by atoms with van der Waals surface area (Å²) in [6.07, 6.45) is 1.17. The van der Waals surface area contributed by atoms with Gasteiger partial charge in [0.1, 0.15) is 5.76 Å². The van der Waals surface area contributed by atoms with Crippen molar-refractivity contribution in [3.63, 3.8) is 0 Å². The number of hydrogen-bond donors (Lipinski definition) is 0. The summed E-state index contributed by atoms with van der Waals surface area (Å²) in [7, 11) is -3.47. The molecule has 134 valence electrons. The molecule has 8 heteroatoms. The third-order valence-corrected chi connectivity index (χ3v) is 6.54. The normalized spacial score (nSPS) is 19.7. The molecular weight excluding hydrogens is 342 g/mol. The molecule has 0 radical (unpaired) electrons. The van der Waals surface area contributed by atoms with E-state index in [1.54, 1.807) is 0 Å². The molecule has 0 amide bonds. The van der Waals surface area contributed by atoms with E-state index >= 15 is 0 Å². The Kier molecular flexibility index (Phi) is 4.60. The van der Waals surface area contributed by atoms with Crippen LogP contribution in [0.4, 0.5) is 0 Å². The van der Waals surface area contributed by atoms with Crippen LogP contribution in [0.15, 0.2) is 34.7 Å². The maximum atomic E-state index is 12.8. The minimum Gasteiger partial charge on any atom is -0.445 e. The number of hydrogen-bond acceptors (Lipinski definition) is 5. The van der Waals surface area contributed by atoms with Crippen LogP contribution in [-0.2, 0) is 34.3 Å². The zero-order chi connectivity index (χ0) is 17.3. The Morgan fingerprint density at radius 3 is 2.56 bits per heavy atom. The highest BCUT2D eigenvalue weighted by atomic mass is 32.2. The van der Waals surface area contributed by atoms with Crippen molar-refractivity contribution in [1.82, 2.24) is 13.6 Å². The molecule has 2 aliphatic rings. The van der Waals surface area contributed by atoms with Crippen LogP contribution in [0, 0.1) is 0 Å². The fraction of sp³-hybridized carbons (Fsp3) is 0.471. The predicted octanol–water partition coefficient (Wildman–Crippen LogP) is 1.20. The average Bonchev–Trinajstić information content (AvgIpc) is 3.04. The first-order valence-electron chi connectivity index (χ1n) is 8.47. The fourth-order valence-corrected chi connectivity index (χ4v) is 4.76. The van der Waals surface area contributed by atoms with E-state index in [1.807, 2.05) is 30.3 Å². The van der Waals surface area contributed by atoms with E-state index in [0.717, 1.165) is 17.0 Å². The number of nitrogens with zero attached hydrogens (tertiary/aromatic N) is 3. The zero-order valence-electron chi connectivity index (χ0n) is 13.9. The second-order valence-electron chi connectivity index (χ2n) is 6.24. The van der Waals surface area contributed by atoms with Gasteiger partial charge in [-0.3, -0.25) is 0 Å². The summed E-state index contributed by atoms with van der Waals surface area (Å²) in [4.78, 5) is 4.54. The quantitative estimate of drug-likeness (QED) is 0.816. The van der Waals surface area contributed by atoms with Gasteiger partial charge in [-0.15, -0.1) is 0 Å². The average molecular weight is 363 g/mol. The SMILES string of the molecule is O=S(=O)(N1CCOCC1)N1CCc2oc(Cc3ccccc3)nc2C1. The van der Waals surface area contributed by atoms with Gasteiger partial charge < -0.3 is 9.15 Å². The minimum absolute atomic E-state index is 0.271. The van der Waals surface area contributed by atoms with Gasteiger partial charge in [0, 0.05) is 32.5 Å². The topological polar surface area (TPSA) is 75.9 Å². The summed E-state index contributed by atoms with van der Waals surface area (Å²) >= 11 is 0. The lowest BCUT2D eigenvalue weighted by atomic mass is 10.1. The molecular formula is C17H21N3O4S. The van der Waals surface area contributed by atoms with Crippen LogP contribution in [0.25, 0.3) is 0 Å². The maximum absolute atomic E-state index is 12.8. The van der Waals surface area contributed by atoms with Crippen molar-refractivity contribution in [2.75, 3.05) is 32.8 Å². The molecule has 2 aliphatic heterocycles. The molecule has 25 heavy (non-hydrogen) atoms. The van der Waals surface area contributed by atoms with Crippen molar-refractivity contribution in [1.29, 1.82) is 0 Å². The van der Waals surface area contributed by atoms with Crippen LogP contribution >= 0.6 is 0 Å². The number of aromatic nitrogens is 1. The van der Waals surface area contributed by atoms with Gasteiger partial charge in [0.25, 0.3) is 10.2 Å². The zero-order valence-corrected chi connectivity index (χ0v) is 14.7. The molecule has 0 unspecified atom stereocenters. The van der Waals surface area contributed by atoms with Crippen molar-refractivity contribution < 1.29 is 17.6 Å². The van der Waals surface area contributed by atoms with Crippen molar-refractivity contribution >= 4 is 10.2 Å². The molecule has 1 saturated heterocycles. The largest absolute Gasteiger partial charge is 0.445 e. The van der Waals surface area contributed by atoms with Crippen LogP contribution < -0.4 is 0 Å². The molecule has 1 aromatic carbocycles. The summed E-state index contributed by atoms with van der Waals surface area (Å²) in [6.45, 7) is 2.40. The number of morpholine rings is 1. The van der Waals surface area contributed by atoms with Crippen LogP contribution in [0.3, 0.4) is 0 Å². The molecule has 0 N–H and O–H groups in total. The molecule has 0 atom stereocenters. The van der Waals surface area contributed by atoms with Gasteiger partial charge in [-0.1, -0.05) is 30.3 Å². The Hall–Kier alpha value is -1.74. The van der Waals surface area contributed by atoms with Gasteiger partial charge in [0.2, 0.25) is 0 Å². The summed E-state index contributed by atoms with van der Waals surface area (Å²) in [5.74, 6) is 1.45. The van der Waals surface area contributed by atoms with Gasteiger partial charge in [0.15, 0.2) is 5.89 Å². The Bertz CT molecular complexity index is 829. The first kappa shape index (κ1) is 16.7. The maximum Gasteiger partial charge on any atom is 0.282 e. The molecule has 4 rings (SSSR count). The van der Waals surface area contributed by atoms with E-state index in [9.17, 15) is 8.42 Å². The Morgan fingerprint density at radius 2 is 1.80 bits per heavy atom. The van der Waals surface area contributed by atoms with E-state index in [1.165, 1.54) is 8.61 Å². The van der Waals surface area contributed by atoms with Gasteiger partial charge in [-0.05, 0) is 5.56 Å². The molecule has 1 aromatic heterocycles. The van der Waals surface area contributed by atoms with E-state index in [4.69, 9.17) is 9.15 Å². The number of oxazole rings is 1. The Labute approximate surface area is 147 Å². The third-order valence-electron chi connectivity index (χ3n) is 4.56. The molecule has 2 aromatic rings. The number of benzene rings is 1. The van der Waals surface area contributed by atoms with Gasteiger partial charge in [-0.2, -0.15) is 17.0 Å². The monoisotopic (exact) mass is 363 g/mol. The van der Waals surface area contributed by atoms with E-state index in [-0.39, 0.29) is 6.54 Å². The Morgan fingerprint density at radius 1 is 1.04 bits per heavy atom. The molecule has 3 heterocycles. The van der Waals surface area contributed by atoms with E-state index in [0.29, 0.717) is 51.6 Å². The third kappa shape index (κ3) is 3.48. The van der Waals surface area contributed by atoms with Gasteiger partial charge >= 0.3 is 0 Å². The lowest BCUT2D eigenvalue weighted by Crippen LogP contribution is -2.49. The first-order chi connectivity index (χ1) is 12.1. The highest BCUT2D eigenvalue weighted by Crippen LogP contribution is 2.24. The second-order valence-corrected chi connectivity index (χ2v) is 8.17. The van der Waals surface area contributed by atoms with Crippen LogP contribution in [0.2, 0.25) is 0 Å². The standard InChI is InChI=1S/C17H21N3O4S/c21-25(22,19-8-10-23-11-9-19)20-7-6-16-15(13-20)18-17(24-16)12-14-4-2-1-3-5-14/h1-5H,6-13H2. The van der Waals surface area contributed by atoms with Gasteiger partial charge in [0.05, 0.1) is 25.5 Å². The highest BCUT2D eigenvalue weighted by Gasteiger charge is 2.35. The lowest BCUT2D eigenvalue weighted by Gasteiger charge is -2.33. The van der Waals surface area contributed by atoms with E-state index < -0.39 is 10.2 Å². The fourth-order valence-electron chi connectivity index (χ4n) is 3.21. The molecule has 1 fully saturated rings. The number of fused-ring (bicyclic) bond motifs is 1. The lowest BCUT2D eigenvalue weighted by molar-refractivity contribution is 0.0698. The van der Waals surface area contributed by atoms with Crippen molar-refractivity contribution in [2.45, 2.75) is 19.4 Å². The highest BCUT2D eigenvalue weighted by molar-refractivity contribution is 7.86. The van der Waals surface area contributed by atoms with Crippen LogP contribution in [-0.4, -0.2) is 54.9 Å². The molecule has 0 saturated carbocycles. The van der Waals surface area contributed by atoms with Crippen molar-refractivity contribution in [2.24, 2.45) is 0 Å². The summed E-state index contributed by atoms with van der Waals surface area (Å²) in [5.41, 5.74) is 1.85. The van der Waals surface area contributed by atoms with Crippen LogP contribution in [0.5, 0.6) is 0 Å². The van der Waals surface area contributed by atoms with Gasteiger partial charge in [-0.25, -0.2) is 4.98 Å². The number of rotatable bonds is 4. The van der Waals surface area contributed by atoms with Crippen molar-refractivity contribution in [3.8, 4) is 0 Å². The second kappa shape index (κ2) is 6.87. The number of ether oxygens (including phenoxy) is 1.